The molecule has 0 aliphatic rings. The van der Waals surface area contributed by atoms with E-state index in [2.05, 4.69) is 9.97 Å². The number of rotatable bonds is 3. The molecule has 1 aromatic carbocycles. The molecule has 0 bridgehead atoms. The van der Waals surface area contributed by atoms with Gasteiger partial charge in [0.1, 0.15) is 16.9 Å². The van der Waals surface area contributed by atoms with Gasteiger partial charge in [-0.1, -0.05) is 11.6 Å². The summed E-state index contributed by atoms with van der Waals surface area (Å²) in [5.41, 5.74) is -0.454. The van der Waals surface area contributed by atoms with Crippen molar-refractivity contribution in [3.05, 3.63) is 57.3 Å². The number of fused-ring (bicyclic) bond motifs is 1. The Morgan fingerprint density at radius 3 is 2.60 bits per heavy atom. The molecule has 7 nitrogen and oxygen atoms in total. The molecule has 0 unspecified atom stereocenters. The van der Waals surface area contributed by atoms with Gasteiger partial charge >= 0.3 is 6.09 Å². The average Bonchev–Trinajstić information content (AvgIpc) is 2.63. The van der Waals surface area contributed by atoms with Gasteiger partial charge in [-0.25, -0.2) is 23.6 Å². The number of amides is 1. The van der Waals surface area contributed by atoms with E-state index in [9.17, 15) is 14.0 Å². The van der Waals surface area contributed by atoms with E-state index in [1.54, 1.807) is 40.0 Å². The van der Waals surface area contributed by atoms with Crippen LogP contribution >= 0.6 is 11.6 Å². The first kappa shape index (κ1) is 21.7. The van der Waals surface area contributed by atoms with Gasteiger partial charge in [0, 0.05) is 12.7 Å². The zero-order valence-corrected chi connectivity index (χ0v) is 18.1. The third-order valence-corrected chi connectivity index (χ3v) is 4.51. The molecule has 0 aliphatic carbocycles. The van der Waals surface area contributed by atoms with Gasteiger partial charge < -0.3 is 4.74 Å². The molecule has 9 heteroatoms. The number of hydrogen-bond donors (Lipinski definition) is 0. The summed E-state index contributed by atoms with van der Waals surface area (Å²) in [5, 5.41) is -0.0210. The van der Waals surface area contributed by atoms with E-state index in [4.69, 9.17) is 16.3 Å². The molecular weight excluding hydrogens is 411 g/mol. The normalized spacial score (nSPS) is 11.6. The van der Waals surface area contributed by atoms with E-state index in [0.717, 1.165) is 11.6 Å². The SMILES string of the molecule is CCN(C(=O)OC(C)(C)C)c1nc2c(F)ccc(Cl)c2c(=O)n1-c1cncc(C)c1. The summed E-state index contributed by atoms with van der Waals surface area (Å²) in [5.74, 6) is -0.805. The lowest BCUT2D eigenvalue weighted by Crippen LogP contribution is -2.40. The Kier molecular flexibility index (Phi) is 5.81. The van der Waals surface area contributed by atoms with Gasteiger partial charge in [0.05, 0.1) is 22.3 Å². The number of carbonyl (C=O) groups excluding carboxylic acids is 1. The highest BCUT2D eigenvalue weighted by atomic mass is 35.5. The van der Waals surface area contributed by atoms with Crippen LogP contribution in [0.15, 0.2) is 35.4 Å². The highest BCUT2D eigenvalue weighted by molar-refractivity contribution is 6.35. The molecule has 30 heavy (non-hydrogen) atoms. The van der Waals surface area contributed by atoms with Crippen LogP contribution in [0.5, 0.6) is 0 Å². The second kappa shape index (κ2) is 8.02. The van der Waals surface area contributed by atoms with Crippen molar-refractivity contribution >= 4 is 34.5 Å². The van der Waals surface area contributed by atoms with Gasteiger partial charge in [-0.2, -0.15) is 0 Å². The fourth-order valence-corrected chi connectivity index (χ4v) is 3.18. The van der Waals surface area contributed by atoms with Crippen LogP contribution in [0, 0.1) is 12.7 Å². The minimum absolute atomic E-state index is 0.0603. The number of anilines is 1. The monoisotopic (exact) mass is 432 g/mol. The Balaban J connectivity index is 2.39. The molecule has 3 rings (SSSR count). The second-order valence-electron chi connectivity index (χ2n) is 7.75. The maximum atomic E-state index is 14.5. The molecule has 158 valence electrons. The fourth-order valence-electron chi connectivity index (χ4n) is 2.95. The number of aromatic nitrogens is 3. The second-order valence-corrected chi connectivity index (χ2v) is 8.16. The van der Waals surface area contributed by atoms with Gasteiger partial charge in [-0.05, 0) is 58.4 Å². The first-order chi connectivity index (χ1) is 14.0. The van der Waals surface area contributed by atoms with Crippen molar-refractivity contribution in [3.63, 3.8) is 0 Å². The molecule has 0 atom stereocenters. The van der Waals surface area contributed by atoms with Crippen molar-refractivity contribution in [2.75, 3.05) is 11.4 Å². The van der Waals surface area contributed by atoms with E-state index in [1.165, 1.54) is 21.7 Å². The number of carbonyl (C=O) groups is 1. The first-order valence-corrected chi connectivity index (χ1v) is 9.74. The van der Waals surface area contributed by atoms with Crippen LogP contribution in [-0.2, 0) is 4.74 Å². The Morgan fingerprint density at radius 1 is 1.30 bits per heavy atom. The Hall–Kier alpha value is -3.00. The molecule has 0 saturated carbocycles. The Morgan fingerprint density at radius 2 is 2.00 bits per heavy atom. The van der Waals surface area contributed by atoms with Crippen LogP contribution < -0.4 is 10.5 Å². The third-order valence-electron chi connectivity index (χ3n) is 4.20. The van der Waals surface area contributed by atoms with Crippen molar-refractivity contribution in [3.8, 4) is 5.69 Å². The smallest absolute Gasteiger partial charge is 0.417 e. The van der Waals surface area contributed by atoms with Crippen molar-refractivity contribution in [2.24, 2.45) is 0 Å². The molecule has 0 saturated heterocycles. The summed E-state index contributed by atoms with van der Waals surface area (Å²) >= 11 is 6.20. The van der Waals surface area contributed by atoms with Gasteiger partial charge in [-0.3, -0.25) is 9.78 Å². The van der Waals surface area contributed by atoms with Crippen molar-refractivity contribution < 1.29 is 13.9 Å². The number of benzene rings is 1. The van der Waals surface area contributed by atoms with Crippen LogP contribution in [-0.4, -0.2) is 32.8 Å². The van der Waals surface area contributed by atoms with E-state index >= 15 is 0 Å². The van der Waals surface area contributed by atoms with Crippen LogP contribution in [0.4, 0.5) is 15.1 Å². The predicted molar refractivity (Wildman–Crippen MR) is 114 cm³/mol. The molecule has 1 amide bonds. The minimum atomic E-state index is -0.772. The zero-order chi connectivity index (χ0) is 22.2. The highest BCUT2D eigenvalue weighted by Gasteiger charge is 2.28. The quantitative estimate of drug-likeness (QED) is 0.602. The maximum Gasteiger partial charge on any atom is 0.417 e. The molecule has 2 heterocycles. The summed E-state index contributed by atoms with van der Waals surface area (Å²) in [6, 6.07) is 4.14. The molecule has 3 aromatic rings. The summed E-state index contributed by atoms with van der Waals surface area (Å²) in [7, 11) is 0. The predicted octanol–water partition coefficient (Wildman–Crippen LogP) is 4.64. The summed E-state index contributed by atoms with van der Waals surface area (Å²) < 4.78 is 21.2. The van der Waals surface area contributed by atoms with Gasteiger partial charge in [0.25, 0.3) is 5.56 Å². The third kappa shape index (κ3) is 4.14. The number of hydrogen-bond acceptors (Lipinski definition) is 5. The Bertz CT molecular complexity index is 1190. The minimum Gasteiger partial charge on any atom is -0.443 e. The molecule has 0 radical (unpaired) electrons. The molecule has 2 aromatic heterocycles. The zero-order valence-electron chi connectivity index (χ0n) is 17.4. The van der Waals surface area contributed by atoms with Crippen molar-refractivity contribution in [2.45, 2.75) is 40.2 Å². The number of halogens is 2. The summed E-state index contributed by atoms with van der Waals surface area (Å²) in [6.07, 6.45) is 2.37. The summed E-state index contributed by atoms with van der Waals surface area (Å²) in [4.78, 5) is 35.9. The highest BCUT2D eigenvalue weighted by Crippen LogP contribution is 2.26. The van der Waals surface area contributed by atoms with E-state index in [-0.39, 0.29) is 28.4 Å². The standard InChI is InChI=1S/C21H22ClFN4O3/c1-6-26(20(29)30-21(3,4)5)19-25-17-15(23)8-7-14(22)16(17)18(28)27(19)13-9-12(2)10-24-11-13/h7-11H,6H2,1-5H3. The van der Waals surface area contributed by atoms with Gasteiger partial charge in [0.15, 0.2) is 0 Å². The largest absolute Gasteiger partial charge is 0.443 e. The number of aryl methyl sites for hydroxylation is 1. The lowest BCUT2D eigenvalue weighted by molar-refractivity contribution is 0.0579. The molecule has 0 N–H and O–H groups in total. The van der Waals surface area contributed by atoms with Gasteiger partial charge in [-0.15, -0.1) is 0 Å². The fraction of sp³-hybridized carbons (Fsp3) is 0.333. The van der Waals surface area contributed by atoms with Crippen LogP contribution in [0.25, 0.3) is 16.6 Å². The van der Waals surface area contributed by atoms with Crippen LogP contribution in [0.3, 0.4) is 0 Å². The topological polar surface area (TPSA) is 77.3 Å². The van der Waals surface area contributed by atoms with Crippen LogP contribution in [0.2, 0.25) is 5.02 Å². The summed E-state index contributed by atoms with van der Waals surface area (Å²) in [6.45, 7) is 8.83. The Labute approximate surface area is 178 Å². The molecule has 0 aliphatic heterocycles. The first-order valence-electron chi connectivity index (χ1n) is 9.36. The molecule has 0 fully saturated rings. The number of ether oxygens (including phenoxy) is 1. The molecule has 0 spiro atoms. The van der Waals surface area contributed by atoms with E-state index in [0.29, 0.717) is 5.69 Å². The number of pyridine rings is 1. The maximum absolute atomic E-state index is 14.5. The molecular formula is C21H22ClFN4O3. The van der Waals surface area contributed by atoms with Crippen molar-refractivity contribution in [1.29, 1.82) is 0 Å². The lowest BCUT2D eigenvalue weighted by atomic mass is 10.2. The van der Waals surface area contributed by atoms with E-state index < -0.39 is 23.1 Å². The number of nitrogens with zero attached hydrogens (tertiary/aromatic N) is 4. The van der Waals surface area contributed by atoms with Gasteiger partial charge in [0.2, 0.25) is 5.95 Å². The van der Waals surface area contributed by atoms with Crippen LogP contribution in [0.1, 0.15) is 33.3 Å². The average molecular weight is 433 g/mol. The van der Waals surface area contributed by atoms with E-state index in [1.807, 2.05) is 6.92 Å². The lowest BCUT2D eigenvalue weighted by Gasteiger charge is -2.27. The van der Waals surface area contributed by atoms with Crippen molar-refractivity contribution in [1.82, 2.24) is 14.5 Å².